The van der Waals surface area contributed by atoms with Crippen LogP contribution < -0.4 is 0 Å². The van der Waals surface area contributed by atoms with Crippen LogP contribution in [0, 0.1) is 0 Å². The van der Waals surface area contributed by atoms with Crippen molar-refractivity contribution in [1.29, 1.82) is 0 Å². The van der Waals surface area contributed by atoms with Crippen molar-refractivity contribution in [3.05, 3.63) is 0 Å². The summed E-state index contributed by atoms with van der Waals surface area (Å²) >= 11 is 0. The van der Waals surface area contributed by atoms with Crippen molar-refractivity contribution < 1.29 is 17.8 Å². The highest BCUT2D eigenvalue weighted by molar-refractivity contribution is 7.66. The Morgan fingerprint density at radius 3 is 1.40 bits per heavy atom. The number of rotatable bonds is 0. The van der Waals surface area contributed by atoms with Crippen LogP contribution in [0.5, 0.6) is 0 Å². The molecule has 0 aliphatic rings. The number of thiol groups is 1. The van der Waals surface area contributed by atoms with Gasteiger partial charge in [0.05, 0.1) is 0 Å². The Balaban J connectivity index is -0.0000000300. The zero-order valence-electron chi connectivity index (χ0n) is 5.61. The van der Waals surface area contributed by atoms with Crippen molar-refractivity contribution in [1.82, 2.24) is 0 Å². The average Bonchev–Trinajstić information content (AvgIpc) is 1.25. The van der Waals surface area contributed by atoms with E-state index in [-0.39, 0.29) is 25.3 Å². The predicted octanol–water partition coefficient (Wildman–Crippen LogP) is -0.405. The fraction of sp³-hybridized carbons (Fsp3) is 0.500. The van der Waals surface area contributed by atoms with E-state index in [9.17, 15) is 4.79 Å². The maximum atomic E-state index is 9.41. The molecule has 1 N–H and O–H groups in total. The van der Waals surface area contributed by atoms with Crippen LogP contribution in [0.2, 0.25) is 0 Å². The minimum atomic E-state index is -3.12. The van der Waals surface area contributed by atoms with Crippen molar-refractivity contribution >= 4 is 45.5 Å². The summed E-state index contributed by atoms with van der Waals surface area (Å²) in [5.74, 6) is 0. The summed E-state index contributed by atoms with van der Waals surface area (Å²) < 4.78 is 24.2. The van der Waals surface area contributed by atoms with Crippen molar-refractivity contribution in [2.24, 2.45) is 0 Å². The third-order valence-electron chi connectivity index (χ3n) is 0. The van der Waals surface area contributed by atoms with Crippen LogP contribution in [0.3, 0.4) is 0 Å². The molecule has 3 atom stereocenters. The zero-order chi connectivity index (χ0) is 7.15. The van der Waals surface area contributed by atoms with E-state index in [2.05, 4.69) is 0 Å². The second-order valence-electron chi connectivity index (χ2n) is 0.848. The summed E-state index contributed by atoms with van der Waals surface area (Å²) in [6.07, 6.45) is 0. The van der Waals surface area contributed by atoms with Gasteiger partial charge < -0.3 is 0 Å². The van der Waals surface area contributed by atoms with Crippen molar-refractivity contribution in [3.63, 3.8) is 0 Å². The number of hydrogen-bond acceptors (Lipinski definition) is 3. The molecule has 8 heteroatoms. The molecule has 0 saturated carbocycles. The molecule has 0 rings (SSSR count). The van der Waals surface area contributed by atoms with Crippen LogP contribution in [0.1, 0.15) is 6.92 Å². The second-order valence-corrected chi connectivity index (χ2v) is 2.14. The monoisotopic (exact) mass is 226 g/mol. The highest BCUT2D eigenvalue weighted by Crippen LogP contribution is 1.74. The third kappa shape index (κ3) is 726. The summed E-state index contributed by atoms with van der Waals surface area (Å²) in [5.41, 5.74) is 0.0833. The van der Waals surface area contributed by atoms with Gasteiger partial charge in [-0.2, -0.15) is 19.8 Å². The van der Waals surface area contributed by atoms with E-state index in [4.69, 9.17) is 13.0 Å². The van der Waals surface area contributed by atoms with Crippen LogP contribution in [-0.4, -0.2) is 18.5 Å². The van der Waals surface area contributed by atoms with E-state index in [1.54, 1.807) is 0 Å². The van der Waals surface area contributed by atoms with Crippen LogP contribution in [0.15, 0.2) is 0 Å². The minimum absolute atomic E-state index is 0. The molecule has 4 nitrogen and oxygen atoms in total. The van der Waals surface area contributed by atoms with Gasteiger partial charge in [-0.3, -0.25) is 9.35 Å². The van der Waals surface area contributed by atoms with Gasteiger partial charge >= 0.3 is 0 Å². The minimum Gasteiger partial charge on any atom is -0.296 e. The van der Waals surface area contributed by atoms with Gasteiger partial charge in [0.15, 0.2) is 0 Å². The first-order valence-electron chi connectivity index (χ1n) is 1.56. The first-order chi connectivity index (χ1) is 3.46. The van der Waals surface area contributed by atoms with Crippen LogP contribution in [-0.2, 0) is 15.8 Å². The lowest BCUT2D eigenvalue weighted by molar-refractivity contribution is -0.109. The number of carbonyl (C=O) groups is 1. The standard InChI is InChI=1S/C2H5OP.H2O3S.2H3P/c1-2(3)4;1-4(2)3;;/h4H2,1H3;4H,(H,1,2,3);2*1H3. The molecule has 0 aromatic heterocycles. The third-order valence-corrected chi connectivity index (χ3v) is 0. The Labute approximate surface area is 70.8 Å². The highest BCUT2D eigenvalue weighted by Gasteiger charge is 1.62. The summed E-state index contributed by atoms with van der Waals surface area (Å²) in [6.45, 7) is 1.49. The lowest BCUT2D eigenvalue weighted by atomic mass is 10.9. The Kier molecular flexibility index (Phi) is 36.9. The molecule has 0 amide bonds. The topological polar surface area (TPSA) is 71.4 Å². The van der Waals surface area contributed by atoms with Gasteiger partial charge in [0.1, 0.15) is 5.52 Å². The van der Waals surface area contributed by atoms with Crippen LogP contribution in [0.4, 0.5) is 0 Å². The van der Waals surface area contributed by atoms with E-state index in [0.717, 1.165) is 0 Å². The molecule has 0 fully saturated rings. The van der Waals surface area contributed by atoms with Crippen LogP contribution in [0.25, 0.3) is 0 Å². The molecule has 0 aromatic rings. The second kappa shape index (κ2) is 16.5. The highest BCUT2D eigenvalue weighted by atomic mass is 32.2. The van der Waals surface area contributed by atoms with Crippen LogP contribution >= 0.6 is 29.0 Å². The normalized spacial score (nSPS) is 6.00. The van der Waals surface area contributed by atoms with Gasteiger partial charge in [-0.05, 0) is 6.92 Å². The Bertz CT molecular complexity index is 120. The smallest absolute Gasteiger partial charge is 0.254 e. The Hall–Kier alpha value is 0.870. The van der Waals surface area contributed by atoms with Gasteiger partial charge in [-0.15, -0.1) is 0 Å². The molecule has 0 aliphatic heterocycles. The lowest BCUT2D eigenvalue weighted by Crippen LogP contribution is -1.60. The molecule has 0 aliphatic carbocycles. The predicted molar refractivity (Wildman–Crippen MR) is 55.5 cm³/mol. The molecule has 3 unspecified atom stereocenters. The maximum Gasteiger partial charge on any atom is 0.254 e. The van der Waals surface area contributed by atoms with E-state index in [1.165, 1.54) is 6.92 Å². The summed E-state index contributed by atoms with van der Waals surface area (Å²) in [5, 5.41) is 0. The number of hydrogen-bond donors (Lipinski definition) is 2. The van der Waals surface area contributed by atoms with Crippen molar-refractivity contribution in [3.8, 4) is 0 Å². The lowest BCUT2D eigenvalue weighted by Gasteiger charge is -1.56. The van der Waals surface area contributed by atoms with Gasteiger partial charge in [0, 0.05) is 0 Å². The quantitative estimate of drug-likeness (QED) is 0.335. The molecule has 0 heterocycles. The SMILES string of the molecule is CC(=O)P.O=[SH](=O)O.P.P. The average molecular weight is 226 g/mol. The van der Waals surface area contributed by atoms with Gasteiger partial charge in [0.2, 0.25) is 0 Å². The molecule has 0 spiro atoms. The van der Waals surface area contributed by atoms with Gasteiger partial charge in [0.25, 0.3) is 11.0 Å². The van der Waals surface area contributed by atoms with E-state index >= 15 is 0 Å². The molecule has 0 radical (unpaired) electrons. The largest absolute Gasteiger partial charge is 0.296 e. The fourth-order valence-corrected chi connectivity index (χ4v) is 0. The maximum absolute atomic E-state index is 9.41. The van der Waals surface area contributed by atoms with Crippen molar-refractivity contribution in [2.45, 2.75) is 6.92 Å². The number of carbonyl (C=O) groups excluding carboxylic acids is 1. The summed E-state index contributed by atoms with van der Waals surface area (Å²) in [7, 11) is -1.10. The van der Waals surface area contributed by atoms with E-state index in [0.29, 0.717) is 0 Å². The van der Waals surface area contributed by atoms with Gasteiger partial charge in [-0.25, -0.2) is 8.42 Å². The molecule has 10 heavy (non-hydrogen) atoms. The van der Waals surface area contributed by atoms with Gasteiger partial charge in [-0.1, -0.05) is 9.24 Å². The van der Waals surface area contributed by atoms with E-state index < -0.39 is 11.0 Å². The molecule has 0 aromatic carbocycles. The summed E-state index contributed by atoms with van der Waals surface area (Å²) in [4.78, 5) is 9.41. The fourth-order valence-electron chi connectivity index (χ4n) is 0. The first-order valence-corrected chi connectivity index (χ1v) is 3.27. The summed E-state index contributed by atoms with van der Waals surface area (Å²) in [6, 6.07) is 0. The molecule has 0 saturated heterocycles. The molecule has 0 bridgehead atoms. The first kappa shape index (κ1) is 22.4. The van der Waals surface area contributed by atoms with E-state index in [1.807, 2.05) is 9.24 Å². The zero-order valence-corrected chi connectivity index (χ0v) is 10.5. The molecular weight excluding hydrogens is 213 g/mol. The van der Waals surface area contributed by atoms with Crippen molar-refractivity contribution in [2.75, 3.05) is 0 Å². The Morgan fingerprint density at radius 2 is 1.40 bits per heavy atom. The molecular formula is C2H13O4P3S. The molecule has 66 valence electrons. The Morgan fingerprint density at radius 1 is 1.40 bits per heavy atom.